The highest BCUT2D eigenvalue weighted by atomic mass is 16.5. The maximum absolute atomic E-state index is 14.3. The van der Waals surface area contributed by atoms with Crippen LogP contribution in [0.25, 0.3) is 0 Å². The van der Waals surface area contributed by atoms with Gasteiger partial charge in [0.05, 0.1) is 23.6 Å². The van der Waals surface area contributed by atoms with Gasteiger partial charge >= 0.3 is 5.97 Å². The van der Waals surface area contributed by atoms with Crippen molar-refractivity contribution in [3.8, 4) is 6.07 Å². The van der Waals surface area contributed by atoms with Crippen LogP contribution >= 0.6 is 0 Å². The van der Waals surface area contributed by atoms with Gasteiger partial charge in [-0.1, -0.05) is 46.3 Å². The molecule has 6 nitrogen and oxygen atoms in total. The Morgan fingerprint density at radius 3 is 2.32 bits per heavy atom. The average molecular weight is 507 g/mol. The molecular formula is C31H42N2O4. The van der Waals surface area contributed by atoms with Gasteiger partial charge in [0.1, 0.15) is 6.07 Å². The minimum atomic E-state index is -1.17. The Hall–Kier alpha value is -2.26. The molecule has 8 atom stereocenters. The number of nitriles is 1. The van der Waals surface area contributed by atoms with Crippen molar-refractivity contribution in [1.29, 1.82) is 5.26 Å². The summed E-state index contributed by atoms with van der Waals surface area (Å²) in [5, 5.41) is 9.81. The maximum Gasteiger partial charge on any atom is 0.312 e. The zero-order valence-corrected chi connectivity index (χ0v) is 23.5. The summed E-state index contributed by atoms with van der Waals surface area (Å²) in [5.74, 6) is -0.934. The van der Waals surface area contributed by atoms with E-state index in [0.717, 1.165) is 50.5 Å². The van der Waals surface area contributed by atoms with Crippen molar-refractivity contribution in [2.45, 2.75) is 92.0 Å². The molecule has 0 bridgehead atoms. The van der Waals surface area contributed by atoms with E-state index in [1.54, 1.807) is 13.0 Å². The molecule has 5 rings (SSSR count). The number of methoxy groups -OCH3 is 1. The summed E-state index contributed by atoms with van der Waals surface area (Å²) in [5.41, 5.74) is 4.69. The number of carbonyl (C=O) groups is 3. The molecule has 3 fully saturated rings. The van der Waals surface area contributed by atoms with E-state index < -0.39 is 16.4 Å². The van der Waals surface area contributed by atoms with Crippen LogP contribution in [0.15, 0.2) is 23.3 Å². The first-order valence-electron chi connectivity index (χ1n) is 13.9. The summed E-state index contributed by atoms with van der Waals surface area (Å²) >= 11 is 0. The van der Waals surface area contributed by atoms with Crippen LogP contribution in [0.1, 0.15) is 86.5 Å². The van der Waals surface area contributed by atoms with Crippen LogP contribution in [-0.4, -0.2) is 30.2 Å². The van der Waals surface area contributed by atoms with Crippen LogP contribution in [-0.2, 0) is 19.1 Å². The maximum atomic E-state index is 14.3. The van der Waals surface area contributed by atoms with Gasteiger partial charge in [0.2, 0.25) is 0 Å². The van der Waals surface area contributed by atoms with Crippen LogP contribution in [0.4, 0.5) is 0 Å². The molecule has 200 valence electrons. The Morgan fingerprint density at radius 2 is 1.70 bits per heavy atom. The Labute approximate surface area is 221 Å². The third-order valence-electron chi connectivity index (χ3n) is 12.2. The zero-order valence-electron chi connectivity index (χ0n) is 23.5. The predicted octanol–water partition coefficient (Wildman–Crippen LogP) is 5.07. The second kappa shape index (κ2) is 7.65. The highest BCUT2D eigenvalue weighted by Gasteiger charge is 2.71. The van der Waals surface area contributed by atoms with Gasteiger partial charge in [-0.25, -0.2) is 0 Å². The standard InChI is InChI=1S/C31H42N2O4/c1-26(2)10-12-31(25(36)37-7)13-11-29(5)23(19(31)16-26)20(34)14-22-27(3)15-18(17-32)24(35)30(6,33)21(27)8-9-28(22,29)4/h14-15,19,21,23H,8-13,16,33H2,1-7H3/t19-,21?,23?,27+,28-,29-,30+,31+/m1/s1. The van der Waals surface area contributed by atoms with Crippen molar-refractivity contribution < 1.29 is 19.1 Å². The number of hydrogen-bond acceptors (Lipinski definition) is 6. The largest absolute Gasteiger partial charge is 0.469 e. The van der Waals surface area contributed by atoms with E-state index in [0.29, 0.717) is 0 Å². The average Bonchev–Trinajstić information content (AvgIpc) is 2.82. The fourth-order valence-electron chi connectivity index (χ4n) is 9.95. The van der Waals surface area contributed by atoms with E-state index in [9.17, 15) is 19.6 Å². The molecule has 0 aromatic heterocycles. The van der Waals surface area contributed by atoms with E-state index in [4.69, 9.17) is 10.5 Å². The van der Waals surface area contributed by atoms with Crippen molar-refractivity contribution in [1.82, 2.24) is 0 Å². The summed E-state index contributed by atoms with van der Waals surface area (Å²) < 4.78 is 5.39. The molecule has 0 aromatic carbocycles. The summed E-state index contributed by atoms with van der Waals surface area (Å²) in [4.78, 5) is 40.8. The van der Waals surface area contributed by atoms with Gasteiger partial charge in [-0.15, -0.1) is 0 Å². The Morgan fingerprint density at radius 1 is 1.05 bits per heavy atom. The van der Waals surface area contributed by atoms with E-state index >= 15 is 0 Å². The molecule has 6 heteroatoms. The molecule has 3 saturated carbocycles. The number of ether oxygens (including phenoxy) is 1. The number of Topliss-reactive ketones (excluding diaryl/α,β-unsaturated/α-hetero) is 1. The lowest BCUT2D eigenvalue weighted by atomic mass is 9.34. The van der Waals surface area contributed by atoms with E-state index in [-0.39, 0.29) is 57.1 Å². The Kier molecular flexibility index (Phi) is 5.45. The summed E-state index contributed by atoms with van der Waals surface area (Å²) in [6, 6.07) is 2.09. The molecule has 2 unspecified atom stereocenters. The minimum absolute atomic E-state index is 0.0464. The van der Waals surface area contributed by atoms with E-state index in [1.807, 2.05) is 6.08 Å². The molecule has 0 heterocycles. The number of nitrogens with zero attached hydrogens (tertiary/aromatic N) is 1. The van der Waals surface area contributed by atoms with E-state index in [1.165, 1.54) is 7.11 Å². The zero-order chi connectivity index (χ0) is 27.4. The summed E-state index contributed by atoms with van der Waals surface area (Å²) in [6.45, 7) is 12.9. The molecule has 0 aromatic rings. The number of esters is 1. The van der Waals surface area contributed by atoms with Crippen molar-refractivity contribution in [3.63, 3.8) is 0 Å². The minimum Gasteiger partial charge on any atom is -0.469 e. The topological polar surface area (TPSA) is 110 Å². The first kappa shape index (κ1) is 26.4. The normalized spacial score (nSPS) is 48.2. The number of hydrogen-bond donors (Lipinski definition) is 1. The molecule has 0 spiro atoms. The van der Waals surface area contributed by atoms with Crippen LogP contribution < -0.4 is 5.73 Å². The number of fused-ring (bicyclic) bond motifs is 7. The Bertz CT molecular complexity index is 1200. The lowest BCUT2D eigenvalue weighted by molar-refractivity contribution is -0.190. The quantitative estimate of drug-likeness (QED) is 0.497. The molecule has 2 N–H and O–H groups in total. The fourth-order valence-corrected chi connectivity index (χ4v) is 9.95. The highest BCUT2D eigenvalue weighted by molar-refractivity contribution is 6.07. The van der Waals surface area contributed by atoms with Gasteiger partial charge in [0, 0.05) is 11.3 Å². The summed E-state index contributed by atoms with van der Waals surface area (Å²) in [7, 11) is 1.47. The Balaban J connectivity index is 1.71. The molecule has 0 radical (unpaired) electrons. The molecule has 5 aliphatic carbocycles. The number of ketones is 2. The molecule has 37 heavy (non-hydrogen) atoms. The van der Waals surface area contributed by atoms with Crippen LogP contribution in [0.2, 0.25) is 0 Å². The fraction of sp³-hybridized carbons (Fsp3) is 0.742. The van der Waals surface area contributed by atoms with Gasteiger partial charge in [0.25, 0.3) is 0 Å². The monoisotopic (exact) mass is 506 g/mol. The molecule has 0 amide bonds. The van der Waals surface area contributed by atoms with Crippen molar-refractivity contribution in [2.75, 3.05) is 7.11 Å². The first-order chi connectivity index (χ1) is 17.0. The SMILES string of the molecule is COC(=O)[C@]12CCC(C)(C)C[C@@H]1C1C(=O)C=C3[C@@]4(C)C=C(C#N)C(=O)[C@@](C)(N)C4CC[C@@]3(C)[C@]1(C)CC2. The van der Waals surface area contributed by atoms with E-state index in [2.05, 4.69) is 40.7 Å². The van der Waals surface area contributed by atoms with Gasteiger partial charge in [-0.2, -0.15) is 5.26 Å². The molecular weight excluding hydrogens is 464 g/mol. The van der Waals surface area contributed by atoms with Gasteiger partial charge in [-0.3, -0.25) is 14.4 Å². The van der Waals surface area contributed by atoms with Crippen molar-refractivity contribution in [2.24, 2.45) is 50.6 Å². The third-order valence-corrected chi connectivity index (χ3v) is 12.2. The molecule has 0 saturated heterocycles. The number of carbonyl (C=O) groups excluding carboxylic acids is 3. The smallest absolute Gasteiger partial charge is 0.312 e. The van der Waals surface area contributed by atoms with Gasteiger partial charge < -0.3 is 10.5 Å². The van der Waals surface area contributed by atoms with Gasteiger partial charge in [-0.05, 0) is 86.0 Å². The van der Waals surface area contributed by atoms with Crippen molar-refractivity contribution in [3.05, 3.63) is 23.3 Å². The van der Waals surface area contributed by atoms with Crippen molar-refractivity contribution >= 4 is 17.5 Å². The van der Waals surface area contributed by atoms with Gasteiger partial charge in [0.15, 0.2) is 11.6 Å². The molecule has 5 aliphatic rings. The van der Waals surface area contributed by atoms with Crippen LogP contribution in [0.3, 0.4) is 0 Å². The number of allylic oxidation sites excluding steroid dienone is 3. The second-order valence-electron chi connectivity index (χ2n) is 14.5. The molecule has 0 aliphatic heterocycles. The first-order valence-corrected chi connectivity index (χ1v) is 13.9. The number of nitrogens with two attached hydrogens (primary N) is 1. The lowest BCUT2D eigenvalue weighted by Gasteiger charge is -2.68. The highest BCUT2D eigenvalue weighted by Crippen LogP contribution is 2.74. The van der Waals surface area contributed by atoms with Crippen LogP contribution in [0.5, 0.6) is 0 Å². The predicted molar refractivity (Wildman–Crippen MR) is 140 cm³/mol. The third kappa shape index (κ3) is 3.10. The second-order valence-corrected chi connectivity index (χ2v) is 14.5. The summed E-state index contributed by atoms with van der Waals surface area (Å²) in [6.07, 6.45) is 9.20. The lowest BCUT2D eigenvalue weighted by Crippen LogP contribution is -2.68. The van der Waals surface area contributed by atoms with Crippen LogP contribution in [0, 0.1) is 56.2 Å². The number of rotatable bonds is 1.